The zero-order chi connectivity index (χ0) is 11.3. The molecule has 0 saturated carbocycles. The highest BCUT2D eigenvalue weighted by Crippen LogP contribution is 2.11. The van der Waals surface area contributed by atoms with E-state index in [1.807, 2.05) is 0 Å². The Bertz CT molecular complexity index is 401. The maximum atomic E-state index is 10.6. The second-order valence-electron chi connectivity index (χ2n) is 2.41. The third-order valence-corrected chi connectivity index (χ3v) is 1.94. The Morgan fingerprint density at radius 2 is 2.47 bits per heavy atom. The van der Waals surface area contributed by atoms with Crippen LogP contribution in [0.25, 0.3) is 0 Å². The zero-order valence-electron chi connectivity index (χ0n) is 7.54. The molecule has 0 saturated heterocycles. The van der Waals surface area contributed by atoms with Crippen LogP contribution in [0.15, 0.2) is 10.5 Å². The van der Waals surface area contributed by atoms with E-state index in [9.17, 15) is 9.59 Å². The van der Waals surface area contributed by atoms with Crippen LogP contribution in [0.1, 0.15) is 5.69 Å². The van der Waals surface area contributed by atoms with Gasteiger partial charge in [-0.25, -0.2) is 4.98 Å². The van der Waals surface area contributed by atoms with Crippen LogP contribution in [0.3, 0.4) is 0 Å². The lowest BCUT2D eigenvalue weighted by atomic mass is 10.3. The van der Waals surface area contributed by atoms with E-state index < -0.39 is 12.5 Å². The van der Waals surface area contributed by atoms with Crippen molar-refractivity contribution in [2.75, 3.05) is 12.3 Å². The first-order valence-electron chi connectivity index (χ1n) is 3.78. The molecule has 7 nitrogen and oxygen atoms in total. The van der Waals surface area contributed by atoms with Crippen molar-refractivity contribution in [3.8, 4) is 0 Å². The number of thiazole rings is 1. The topological polar surface area (TPSA) is 121 Å². The average Bonchev–Trinajstić information content (AvgIpc) is 2.59. The van der Waals surface area contributed by atoms with Gasteiger partial charge in [-0.15, -0.1) is 11.3 Å². The number of hydrogen-bond donors (Lipinski definition) is 2. The lowest BCUT2D eigenvalue weighted by Gasteiger charge is -1.95. The number of aromatic nitrogens is 1. The van der Waals surface area contributed by atoms with E-state index in [0.717, 1.165) is 0 Å². The summed E-state index contributed by atoms with van der Waals surface area (Å²) in [6.45, 7) is -0.392. The minimum absolute atomic E-state index is 0.0378. The minimum atomic E-state index is -0.679. The first kappa shape index (κ1) is 11.1. The Morgan fingerprint density at radius 1 is 1.73 bits per heavy atom. The summed E-state index contributed by atoms with van der Waals surface area (Å²) in [6, 6.07) is 0. The fraction of sp³-hybridized carbons (Fsp3) is 0.143. The van der Waals surface area contributed by atoms with Gasteiger partial charge in [-0.05, 0) is 0 Å². The molecule has 0 atom stereocenters. The van der Waals surface area contributed by atoms with Gasteiger partial charge >= 0.3 is 0 Å². The summed E-state index contributed by atoms with van der Waals surface area (Å²) in [7, 11) is 0. The van der Waals surface area contributed by atoms with Gasteiger partial charge in [0.2, 0.25) is 0 Å². The van der Waals surface area contributed by atoms with Gasteiger partial charge in [0.1, 0.15) is 5.69 Å². The van der Waals surface area contributed by atoms with Crippen molar-refractivity contribution in [3.05, 3.63) is 11.1 Å². The lowest BCUT2D eigenvalue weighted by Crippen LogP contribution is -2.17. The van der Waals surface area contributed by atoms with Crippen LogP contribution in [0.2, 0.25) is 0 Å². The third-order valence-electron chi connectivity index (χ3n) is 1.27. The Balaban J connectivity index is 2.71. The molecule has 0 aliphatic carbocycles. The fourth-order valence-corrected chi connectivity index (χ4v) is 1.26. The van der Waals surface area contributed by atoms with Gasteiger partial charge in [-0.3, -0.25) is 9.59 Å². The first-order chi connectivity index (χ1) is 7.13. The fourth-order valence-electron chi connectivity index (χ4n) is 0.699. The lowest BCUT2D eigenvalue weighted by molar-refractivity contribution is -0.122. The van der Waals surface area contributed by atoms with Crippen molar-refractivity contribution < 1.29 is 14.4 Å². The van der Waals surface area contributed by atoms with Crippen molar-refractivity contribution >= 4 is 34.4 Å². The summed E-state index contributed by atoms with van der Waals surface area (Å²) in [6.07, 6.45) is 0.454. The molecule has 0 aliphatic heterocycles. The number of oxime groups is 1. The number of hydrogen-bond acceptors (Lipinski definition) is 7. The van der Waals surface area contributed by atoms with Crippen molar-refractivity contribution in [1.29, 1.82) is 0 Å². The molecule has 0 aromatic carbocycles. The number of primary amides is 1. The molecule has 1 heterocycles. The van der Waals surface area contributed by atoms with Crippen LogP contribution in [0, 0.1) is 0 Å². The average molecular weight is 228 g/mol. The molecule has 1 amide bonds. The molecule has 0 unspecified atom stereocenters. The van der Waals surface area contributed by atoms with Gasteiger partial charge in [0, 0.05) is 5.38 Å². The number of nitrogens with zero attached hydrogens (tertiary/aromatic N) is 2. The number of nitrogen functional groups attached to an aromatic ring is 1. The molecule has 0 bridgehead atoms. The SMILES string of the molecule is NC(=O)CO/N=C(\C=O)c1csc(N)n1. The summed E-state index contributed by atoms with van der Waals surface area (Å²) in [5.41, 5.74) is 10.4. The van der Waals surface area contributed by atoms with Crippen LogP contribution >= 0.6 is 11.3 Å². The minimum Gasteiger partial charge on any atom is -0.385 e. The molecular weight excluding hydrogens is 220 g/mol. The number of carbonyl (C=O) groups excluding carboxylic acids is 2. The number of amides is 1. The molecule has 80 valence electrons. The predicted octanol–water partition coefficient (Wildman–Crippen LogP) is -0.870. The van der Waals surface area contributed by atoms with Crippen molar-refractivity contribution in [2.45, 2.75) is 0 Å². The molecule has 0 spiro atoms. The molecule has 0 radical (unpaired) electrons. The standard InChI is InChI=1S/C7H8N4O3S/c8-6(13)2-14-11-4(1-12)5-3-15-7(9)10-5/h1,3H,2H2,(H2,8,13)(H2,9,10)/b11-4+. The summed E-state index contributed by atoms with van der Waals surface area (Å²) < 4.78 is 0. The molecule has 15 heavy (non-hydrogen) atoms. The number of carbonyl (C=O) groups is 2. The normalized spacial score (nSPS) is 11.1. The zero-order valence-corrected chi connectivity index (χ0v) is 8.36. The number of nitrogens with two attached hydrogens (primary N) is 2. The number of rotatable bonds is 5. The van der Waals surface area contributed by atoms with E-state index in [0.29, 0.717) is 17.1 Å². The Hall–Kier alpha value is -1.96. The molecule has 1 aromatic rings. The summed E-state index contributed by atoms with van der Waals surface area (Å²) in [4.78, 5) is 29.2. The van der Waals surface area contributed by atoms with Crippen LogP contribution in [0.5, 0.6) is 0 Å². The molecule has 1 rings (SSSR count). The van der Waals surface area contributed by atoms with E-state index in [4.69, 9.17) is 11.5 Å². The van der Waals surface area contributed by atoms with E-state index >= 15 is 0 Å². The third kappa shape index (κ3) is 3.35. The molecule has 0 aliphatic rings. The highest BCUT2D eigenvalue weighted by Gasteiger charge is 2.07. The summed E-state index contributed by atoms with van der Waals surface area (Å²) in [5.74, 6) is -0.679. The van der Waals surface area contributed by atoms with Gasteiger partial charge in [0.05, 0.1) is 0 Å². The first-order valence-corrected chi connectivity index (χ1v) is 4.66. The monoisotopic (exact) mass is 228 g/mol. The van der Waals surface area contributed by atoms with Crippen LogP contribution in [-0.2, 0) is 14.4 Å². The molecule has 1 aromatic heterocycles. The molecular formula is C7H8N4O3S. The smallest absolute Gasteiger partial charge is 0.258 e. The highest BCUT2D eigenvalue weighted by atomic mass is 32.1. The van der Waals surface area contributed by atoms with Gasteiger partial charge < -0.3 is 16.3 Å². The van der Waals surface area contributed by atoms with E-state index in [1.165, 1.54) is 11.3 Å². The number of anilines is 1. The van der Waals surface area contributed by atoms with E-state index in [2.05, 4.69) is 15.0 Å². The van der Waals surface area contributed by atoms with Crippen LogP contribution < -0.4 is 11.5 Å². The maximum Gasteiger partial charge on any atom is 0.258 e. The van der Waals surface area contributed by atoms with Gasteiger partial charge in [-0.2, -0.15) is 0 Å². The molecule has 0 fully saturated rings. The van der Waals surface area contributed by atoms with E-state index in [1.54, 1.807) is 5.38 Å². The Morgan fingerprint density at radius 3 is 2.93 bits per heavy atom. The molecule has 8 heteroatoms. The van der Waals surface area contributed by atoms with Gasteiger partial charge in [0.15, 0.2) is 23.7 Å². The van der Waals surface area contributed by atoms with Crippen molar-refractivity contribution in [3.63, 3.8) is 0 Å². The summed E-state index contributed by atoms with van der Waals surface area (Å²) in [5, 5.41) is 5.27. The maximum absolute atomic E-state index is 10.6. The van der Waals surface area contributed by atoms with Crippen molar-refractivity contribution in [1.82, 2.24) is 4.98 Å². The highest BCUT2D eigenvalue weighted by molar-refractivity contribution is 7.13. The molecule has 4 N–H and O–H groups in total. The van der Waals surface area contributed by atoms with E-state index in [-0.39, 0.29) is 5.71 Å². The number of aldehydes is 1. The van der Waals surface area contributed by atoms with Crippen LogP contribution in [-0.4, -0.2) is 29.5 Å². The van der Waals surface area contributed by atoms with Gasteiger partial charge in [-0.1, -0.05) is 5.16 Å². The Kier molecular flexibility index (Phi) is 3.75. The second-order valence-corrected chi connectivity index (χ2v) is 3.29. The van der Waals surface area contributed by atoms with Gasteiger partial charge in [0.25, 0.3) is 5.91 Å². The quantitative estimate of drug-likeness (QED) is 0.385. The largest absolute Gasteiger partial charge is 0.385 e. The second kappa shape index (κ2) is 5.05. The van der Waals surface area contributed by atoms with Crippen LogP contribution in [0.4, 0.5) is 5.13 Å². The van der Waals surface area contributed by atoms with Crippen molar-refractivity contribution in [2.24, 2.45) is 10.9 Å². The summed E-state index contributed by atoms with van der Waals surface area (Å²) >= 11 is 1.17. The predicted molar refractivity (Wildman–Crippen MR) is 54.3 cm³/mol. The Labute approximate surface area is 88.7 Å².